The highest BCUT2D eigenvalue weighted by atomic mass is 32.2. The molecule has 0 radical (unpaired) electrons. The van der Waals surface area contributed by atoms with E-state index in [4.69, 9.17) is 0 Å². The number of nitrogens with one attached hydrogen (secondary N) is 3. The number of rotatable bonds is 3. The second kappa shape index (κ2) is 5.00. The van der Waals surface area contributed by atoms with E-state index < -0.39 is 15.7 Å². The Hall–Kier alpha value is -0.170. The lowest BCUT2D eigenvalue weighted by Crippen LogP contribution is -2.53. The third-order valence-electron chi connectivity index (χ3n) is 2.39. The fourth-order valence-corrected chi connectivity index (χ4v) is 3.41. The molecule has 0 bridgehead atoms. The number of hydrogen-bond acceptors (Lipinski definition) is 3. The van der Waals surface area contributed by atoms with Crippen LogP contribution < -0.4 is 14.8 Å². The van der Waals surface area contributed by atoms with Gasteiger partial charge in [0.15, 0.2) is 0 Å². The molecule has 1 heterocycles. The van der Waals surface area contributed by atoms with Crippen LogP contribution in [0.4, 0.5) is 0 Å². The summed E-state index contributed by atoms with van der Waals surface area (Å²) in [6.45, 7) is 8.42. The third kappa shape index (κ3) is 5.25. The van der Waals surface area contributed by atoms with Crippen LogP contribution in [0.2, 0.25) is 0 Å². The topological polar surface area (TPSA) is 70.2 Å². The van der Waals surface area contributed by atoms with Gasteiger partial charge >= 0.3 is 0 Å². The van der Waals surface area contributed by atoms with E-state index in [-0.39, 0.29) is 6.04 Å². The summed E-state index contributed by atoms with van der Waals surface area (Å²) in [6, 6.07) is 0.409. The van der Waals surface area contributed by atoms with Gasteiger partial charge in [-0.15, -0.1) is 0 Å². The van der Waals surface area contributed by atoms with Gasteiger partial charge in [0, 0.05) is 17.6 Å². The molecule has 0 spiro atoms. The molecule has 0 saturated carbocycles. The van der Waals surface area contributed by atoms with Crippen LogP contribution in [-0.2, 0) is 10.2 Å². The first kappa shape index (κ1) is 13.9. The van der Waals surface area contributed by atoms with E-state index in [2.05, 4.69) is 21.7 Å². The first-order valence-electron chi connectivity index (χ1n) is 5.72. The summed E-state index contributed by atoms with van der Waals surface area (Å²) in [5.41, 5.74) is -0.440. The first-order valence-corrected chi connectivity index (χ1v) is 7.21. The molecule has 16 heavy (non-hydrogen) atoms. The molecular formula is C10H23N3O2S. The van der Waals surface area contributed by atoms with Gasteiger partial charge in [0.1, 0.15) is 0 Å². The quantitative estimate of drug-likeness (QED) is 0.676. The van der Waals surface area contributed by atoms with Gasteiger partial charge in [0.05, 0.1) is 0 Å². The molecular weight excluding hydrogens is 226 g/mol. The van der Waals surface area contributed by atoms with Crippen LogP contribution in [0.5, 0.6) is 0 Å². The van der Waals surface area contributed by atoms with E-state index in [0.29, 0.717) is 6.04 Å². The van der Waals surface area contributed by atoms with Crippen molar-refractivity contribution in [1.82, 2.24) is 14.8 Å². The molecule has 96 valence electrons. The minimum Gasteiger partial charge on any atom is -0.314 e. The van der Waals surface area contributed by atoms with Crippen LogP contribution in [0.25, 0.3) is 0 Å². The number of piperidine rings is 1. The van der Waals surface area contributed by atoms with Crippen LogP contribution in [0, 0.1) is 0 Å². The normalized spacial score (nSPS) is 28.0. The Morgan fingerprint density at radius 1 is 1.31 bits per heavy atom. The largest absolute Gasteiger partial charge is 0.314 e. The van der Waals surface area contributed by atoms with Crippen LogP contribution in [0.3, 0.4) is 0 Å². The van der Waals surface area contributed by atoms with Crippen molar-refractivity contribution in [3.8, 4) is 0 Å². The SMILES string of the molecule is CC1CC(NS(=O)(=O)NC(C)(C)C)CCN1. The second-order valence-corrected chi connectivity index (χ2v) is 7.00. The third-order valence-corrected chi connectivity index (χ3v) is 3.91. The van der Waals surface area contributed by atoms with Gasteiger partial charge in [0.2, 0.25) is 0 Å². The molecule has 0 aliphatic carbocycles. The smallest absolute Gasteiger partial charge is 0.277 e. The molecule has 2 atom stereocenters. The van der Waals surface area contributed by atoms with Gasteiger partial charge in [-0.25, -0.2) is 0 Å². The molecule has 1 fully saturated rings. The van der Waals surface area contributed by atoms with Gasteiger partial charge in [-0.2, -0.15) is 17.9 Å². The summed E-state index contributed by atoms with van der Waals surface area (Å²) >= 11 is 0. The van der Waals surface area contributed by atoms with E-state index in [9.17, 15) is 8.42 Å². The molecule has 0 amide bonds. The lowest BCUT2D eigenvalue weighted by atomic mass is 10.0. The van der Waals surface area contributed by atoms with Crippen molar-refractivity contribution in [3.05, 3.63) is 0 Å². The zero-order valence-electron chi connectivity index (χ0n) is 10.5. The Morgan fingerprint density at radius 3 is 2.44 bits per heavy atom. The Bertz CT molecular complexity index is 321. The maximum Gasteiger partial charge on any atom is 0.277 e. The predicted molar refractivity (Wildman–Crippen MR) is 65.4 cm³/mol. The highest BCUT2D eigenvalue weighted by molar-refractivity contribution is 7.87. The summed E-state index contributed by atoms with van der Waals surface area (Å²) in [5.74, 6) is 0. The lowest BCUT2D eigenvalue weighted by Gasteiger charge is -2.30. The van der Waals surface area contributed by atoms with Crippen LogP contribution >= 0.6 is 0 Å². The van der Waals surface area contributed by atoms with Crippen LogP contribution in [0.1, 0.15) is 40.5 Å². The Morgan fingerprint density at radius 2 is 1.94 bits per heavy atom. The minimum absolute atomic E-state index is 0.0381. The monoisotopic (exact) mass is 249 g/mol. The van der Waals surface area contributed by atoms with Crippen molar-refractivity contribution in [1.29, 1.82) is 0 Å². The van der Waals surface area contributed by atoms with E-state index in [1.807, 2.05) is 20.8 Å². The summed E-state index contributed by atoms with van der Waals surface area (Å²) < 4.78 is 28.9. The molecule has 3 N–H and O–H groups in total. The van der Waals surface area contributed by atoms with Gasteiger partial charge in [-0.1, -0.05) is 0 Å². The van der Waals surface area contributed by atoms with Crippen molar-refractivity contribution in [2.75, 3.05) is 6.54 Å². The average molecular weight is 249 g/mol. The lowest BCUT2D eigenvalue weighted by molar-refractivity contribution is 0.358. The molecule has 6 heteroatoms. The molecule has 5 nitrogen and oxygen atoms in total. The van der Waals surface area contributed by atoms with Crippen molar-refractivity contribution >= 4 is 10.2 Å². The van der Waals surface area contributed by atoms with Gasteiger partial charge in [0.25, 0.3) is 10.2 Å². The van der Waals surface area contributed by atoms with Crippen molar-refractivity contribution in [2.24, 2.45) is 0 Å². The molecule has 1 rings (SSSR count). The van der Waals surface area contributed by atoms with Crippen LogP contribution in [-0.4, -0.2) is 32.6 Å². The highest BCUT2D eigenvalue weighted by Gasteiger charge is 2.25. The van der Waals surface area contributed by atoms with Crippen molar-refractivity contribution < 1.29 is 8.42 Å². The van der Waals surface area contributed by atoms with E-state index >= 15 is 0 Å². The predicted octanol–water partition coefficient (Wildman–Crippen LogP) is 0.349. The van der Waals surface area contributed by atoms with E-state index in [1.54, 1.807) is 0 Å². The molecule has 1 saturated heterocycles. The van der Waals surface area contributed by atoms with Gasteiger partial charge < -0.3 is 5.32 Å². The second-order valence-electron chi connectivity index (χ2n) is 5.55. The zero-order valence-corrected chi connectivity index (χ0v) is 11.3. The highest BCUT2D eigenvalue weighted by Crippen LogP contribution is 2.10. The molecule has 0 aromatic heterocycles. The Kier molecular flexibility index (Phi) is 4.34. The maximum absolute atomic E-state index is 11.8. The molecule has 0 aromatic rings. The molecule has 2 unspecified atom stereocenters. The Balaban J connectivity index is 2.52. The van der Waals surface area contributed by atoms with Gasteiger partial charge in [-0.3, -0.25) is 0 Å². The molecule has 1 aliphatic heterocycles. The van der Waals surface area contributed by atoms with Gasteiger partial charge in [-0.05, 0) is 47.1 Å². The summed E-state index contributed by atoms with van der Waals surface area (Å²) in [7, 11) is -3.39. The standard InChI is InChI=1S/C10H23N3O2S/c1-8-7-9(5-6-11-8)12-16(14,15)13-10(2,3)4/h8-9,11-13H,5-7H2,1-4H3. The maximum atomic E-state index is 11.8. The molecule has 1 aliphatic rings. The summed E-state index contributed by atoms with van der Waals surface area (Å²) in [6.07, 6.45) is 1.68. The van der Waals surface area contributed by atoms with Crippen LogP contribution in [0.15, 0.2) is 0 Å². The minimum atomic E-state index is -3.39. The zero-order chi connectivity index (χ0) is 12.4. The first-order chi connectivity index (χ1) is 7.18. The van der Waals surface area contributed by atoms with Crippen molar-refractivity contribution in [3.63, 3.8) is 0 Å². The van der Waals surface area contributed by atoms with Crippen molar-refractivity contribution in [2.45, 2.75) is 58.2 Å². The van der Waals surface area contributed by atoms with E-state index in [1.165, 1.54) is 0 Å². The number of hydrogen-bond donors (Lipinski definition) is 3. The Labute approximate surface area is 98.6 Å². The fraction of sp³-hybridized carbons (Fsp3) is 1.00. The average Bonchev–Trinajstić information content (AvgIpc) is 1.96. The summed E-state index contributed by atoms with van der Waals surface area (Å²) in [4.78, 5) is 0. The van der Waals surface area contributed by atoms with E-state index in [0.717, 1.165) is 19.4 Å². The fourth-order valence-electron chi connectivity index (χ4n) is 1.89. The summed E-state index contributed by atoms with van der Waals surface area (Å²) in [5, 5.41) is 3.29. The molecule has 0 aromatic carbocycles.